The van der Waals surface area contributed by atoms with Crippen LogP contribution in [0.25, 0.3) is 0 Å². The number of imide groups is 1. The third kappa shape index (κ3) is 3.77. The van der Waals surface area contributed by atoms with E-state index in [1.165, 1.54) is 11.9 Å². The summed E-state index contributed by atoms with van der Waals surface area (Å²) in [5, 5.41) is 3.42. The molecular formula is C25H27ClN2O4. The smallest absolute Gasteiger partial charge is 0.234 e. The van der Waals surface area contributed by atoms with Crippen molar-refractivity contribution in [1.82, 2.24) is 4.90 Å². The molecule has 1 N–H and O–H groups in total. The first-order chi connectivity index (χ1) is 15.0. The Kier molecular flexibility index (Phi) is 5.32. The second kappa shape index (κ2) is 7.62. The summed E-state index contributed by atoms with van der Waals surface area (Å²) in [5.41, 5.74) is -2.03. The maximum absolute atomic E-state index is 13.6. The number of carbonyl (C=O) groups is 3. The SMILES string of the molecule is CN1C(=O)C2(C)CC(C)(C(=O)Nc3cc(Cl)ccc3Oc3ccccc3)CC(C)(C2)C1=O. The van der Waals surface area contributed by atoms with Gasteiger partial charge >= 0.3 is 0 Å². The standard InChI is InChI=1S/C25H27ClN2O4/c1-23(13-24(2)15-25(3,14-23)22(31)28(4)21(24)30)20(29)27-18-12-16(26)10-11-19(18)32-17-8-6-5-7-9-17/h5-12H,13-15H2,1-4H3,(H,27,29). The predicted molar refractivity (Wildman–Crippen MR) is 123 cm³/mol. The van der Waals surface area contributed by atoms with Crippen molar-refractivity contribution in [2.24, 2.45) is 16.2 Å². The fraction of sp³-hybridized carbons (Fsp3) is 0.400. The Morgan fingerprint density at radius 2 is 1.56 bits per heavy atom. The normalized spacial score (nSPS) is 29.6. The van der Waals surface area contributed by atoms with Gasteiger partial charge in [-0.25, -0.2) is 0 Å². The van der Waals surface area contributed by atoms with Crippen molar-refractivity contribution in [2.45, 2.75) is 40.0 Å². The van der Waals surface area contributed by atoms with E-state index in [1.807, 2.05) is 51.1 Å². The van der Waals surface area contributed by atoms with Crippen LogP contribution in [0, 0.1) is 16.2 Å². The van der Waals surface area contributed by atoms with Crippen molar-refractivity contribution in [2.75, 3.05) is 12.4 Å². The van der Waals surface area contributed by atoms with Gasteiger partial charge in [-0.3, -0.25) is 19.3 Å². The Morgan fingerprint density at radius 3 is 2.16 bits per heavy atom. The summed E-state index contributed by atoms with van der Waals surface area (Å²) in [6, 6.07) is 14.3. The molecule has 0 spiro atoms. The number of carbonyl (C=O) groups excluding carboxylic acids is 3. The van der Waals surface area contributed by atoms with Crippen LogP contribution in [-0.2, 0) is 14.4 Å². The van der Waals surface area contributed by atoms with E-state index in [9.17, 15) is 14.4 Å². The molecule has 0 aromatic heterocycles. The number of nitrogens with one attached hydrogen (secondary N) is 1. The number of para-hydroxylation sites is 1. The molecule has 7 heteroatoms. The number of anilines is 1. The van der Waals surface area contributed by atoms with Gasteiger partial charge in [0.15, 0.2) is 5.75 Å². The number of benzene rings is 2. The fourth-order valence-corrected chi connectivity index (χ4v) is 5.89. The van der Waals surface area contributed by atoms with E-state index in [0.717, 1.165) is 0 Å². The molecule has 2 fully saturated rings. The molecule has 3 amide bonds. The van der Waals surface area contributed by atoms with Crippen LogP contribution in [0.15, 0.2) is 48.5 Å². The summed E-state index contributed by atoms with van der Waals surface area (Å²) in [6.07, 6.45) is 1.16. The number of halogens is 1. The summed E-state index contributed by atoms with van der Waals surface area (Å²) in [6.45, 7) is 5.53. The second-order valence-electron chi connectivity index (χ2n) is 9.89. The molecule has 4 rings (SSSR count). The molecule has 32 heavy (non-hydrogen) atoms. The highest BCUT2D eigenvalue weighted by Crippen LogP contribution is 2.58. The largest absolute Gasteiger partial charge is 0.455 e. The lowest BCUT2D eigenvalue weighted by Crippen LogP contribution is -2.63. The number of hydrogen-bond donors (Lipinski definition) is 1. The lowest BCUT2D eigenvalue weighted by molar-refractivity contribution is -0.177. The molecule has 2 atom stereocenters. The van der Waals surface area contributed by atoms with E-state index >= 15 is 0 Å². The minimum absolute atomic E-state index is 0.227. The predicted octanol–water partition coefficient (Wildman–Crippen LogP) is 5.27. The van der Waals surface area contributed by atoms with Crippen LogP contribution in [0.3, 0.4) is 0 Å². The third-order valence-electron chi connectivity index (χ3n) is 6.69. The maximum Gasteiger partial charge on any atom is 0.234 e. The first-order valence-corrected chi connectivity index (χ1v) is 11.0. The Bertz CT molecular complexity index is 1070. The summed E-state index contributed by atoms with van der Waals surface area (Å²) in [4.78, 5) is 40.6. The molecule has 6 nitrogen and oxygen atoms in total. The molecule has 1 heterocycles. The zero-order valence-electron chi connectivity index (χ0n) is 18.7. The Morgan fingerprint density at radius 1 is 0.969 bits per heavy atom. The average Bonchev–Trinajstić information content (AvgIpc) is 2.73. The monoisotopic (exact) mass is 454 g/mol. The first kappa shape index (κ1) is 22.3. The van der Waals surface area contributed by atoms with E-state index in [-0.39, 0.29) is 17.7 Å². The van der Waals surface area contributed by atoms with E-state index in [0.29, 0.717) is 41.5 Å². The number of nitrogens with zero attached hydrogens (tertiary/aromatic N) is 1. The van der Waals surface area contributed by atoms with Gasteiger partial charge in [-0.05, 0) is 49.6 Å². The number of rotatable bonds is 4. The van der Waals surface area contributed by atoms with Gasteiger partial charge in [-0.1, -0.05) is 50.6 Å². The molecule has 1 aliphatic heterocycles. The van der Waals surface area contributed by atoms with E-state index < -0.39 is 16.2 Å². The van der Waals surface area contributed by atoms with E-state index in [4.69, 9.17) is 16.3 Å². The molecule has 2 unspecified atom stereocenters. The number of fused-ring (bicyclic) bond motifs is 2. The van der Waals surface area contributed by atoms with Crippen LogP contribution < -0.4 is 10.1 Å². The van der Waals surface area contributed by atoms with Gasteiger partial charge in [0.25, 0.3) is 0 Å². The second-order valence-corrected chi connectivity index (χ2v) is 10.3. The molecule has 1 saturated heterocycles. The molecule has 1 aliphatic carbocycles. The summed E-state index contributed by atoms with van der Waals surface area (Å²) in [7, 11) is 1.53. The molecule has 1 saturated carbocycles. The number of hydrogen-bond acceptors (Lipinski definition) is 4. The van der Waals surface area contributed by atoms with Crippen molar-refractivity contribution in [1.29, 1.82) is 0 Å². The minimum Gasteiger partial charge on any atom is -0.455 e. The molecule has 2 bridgehead atoms. The average molecular weight is 455 g/mol. The minimum atomic E-state index is -0.916. The third-order valence-corrected chi connectivity index (χ3v) is 6.93. The zero-order chi connectivity index (χ0) is 23.3. The fourth-order valence-electron chi connectivity index (χ4n) is 5.71. The van der Waals surface area contributed by atoms with Gasteiger partial charge in [-0.2, -0.15) is 0 Å². The highest BCUT2D eigenvalue weighted by atomic mass is 35.5. The highest BCUT2D eigenvalue weighted by molar-refractivity contribution is 6.31. The van der Waals surface area contributed by atoms with Crippen molar-refractivity contribution < 1.29 is 19.1 Å². The number of piperidine rings is 1. The Hall–Kier alpha value is -2.86. The molecule has 2 aliphatic rings. The van der Waals surface area contributed by atoms with Crippen LogP contribution in [0.5, 0.6) is 11.5 Å². The van der Waals surface area contributed by atoms with Crippen LogP contribution in [-0.4, -0.2) is 29.7 Å². The van der Waals surface area contributed by atoms with Gasteiger partial charge in [0.2, 0.25) is 17.7 Å². The van der Waals surface area contributed by atoms with Crippen molar-refractivity contribution in [3.05, 3.63) is 53.6 Å². The molecule has 2 aromatic carbocycles. The molecule has 0 radical (unpaired) electrons. The van der Waals surface area contributed by atoms with Crippen molar-refractivity contribution >= 4 is 35.0 Å². The summed E-state index contributed by atoms with van der Waals surface area (Å²) >= 11 is 6.20. The van der Waals surface area contributed by atoms with Crippen LogP contribution in [0.2, 0.25) is 5.02 Å². The van der Waals surface area contributed by atoms with Crippen LogP contribution in [0.1, 0.15) is 40.0 Å². The summed E-state index contributed by atoms with van der Waals surface area (Å²) < 4.78 is 5.96. The van der Waals surface area contributed by atoms with Gasteiger partial charge in [0.05, 0.1) is 5.69 Å². The van der Waals surface area contributed by atoms with E-state index in [2.05, 4.69) is 5.32 Å². The zero-order valence-corrected chi connectivity index (χ0v) is 19.5. The Balaban J connectivity index is 1.64. The van der Waals surface area contributed by atoms with Gasteiger partial charge < -0.3 is 10.1 Å². The quantitative estimate of drug-likeness (QED) is 0.638. The lowest BCUT2D eigenvalue weighted by Gasteiger charge is -2.55. The number of likely N-dealkylation sites (tertiary alicyclic amines) is 1. The Labute approximate surface area is 192 Å². The maximum atomic E-state index is 13.6. The van der Waals surface area contributed by atoms with Crippen LogP contribution in [0.4, 0.5) is 5.69 Å². The van der Waals surface area contributed by atoms with Gasteiger partial charge in [-0.15, -0.1) is 0 Å². The number of ether oxygens (including phenoxy) is 1. The van der Waals surface area contributed by atoms with Crippen molar-refractivity contribution in [3.63, 3.8) is 0 Å². The van der Waals surface area contributed by atoms with E-state index in [1.54, 1.807) is 18.2 Å². The number of amides is 3. The van der Waals surface area contributed by atoms with Gasteiger partial charge in [0.1, 0.15) is 5.75 Å². The lowest BCUT2D eigenvalue weighted by atomic mass is 9.51. The highest BCUT2D eigenvalue weighted by Gasteiger charge is 2.62. The summed E-state index contributed by atoms with van der Waals surface area (Å²) in [5.74, 6) is 0.366. The van der Waals surface area contributed by atoms with Crippen molar-refractivity contribution in [3.8, 4) is 11.5 Å². The van der Waals surface area contributed by atoms with Gasteiger partial charge in [0, 0.05) is 28.3 Å². The van der Waals surface area contributed by atoms with Crippen LogP contribution >= 0.6 is 11.6 Å². The first-order valence-electron chi connectivity index (χ1n) is 10.6. The molecule has 2 aromatic rings. The topological polar surface area (TPSA) is 75.7 Å². The molecular weight excluding hydrogens is 428 g/mol. The molecule has 168 valence electrons.